The number of benzene rings is 4. The third-order valence-electron chi connectivity index (χ3n) is 5.91. The van der Waals surface area contributed by atoms with E-state index in [1.54, 1.807) is 11.0 Å². The van der Waals surface area contributed by atoms with Gasteiger partial charge in [0.05, 0.1) is 22.8 Å². The van der Waals surface area contributed by atoms with Gasteiger partial charge in [-0.25, -0.2) is 18.6 Å². The van der Waals surface area contributed by atoms with E-state index in [0.29, 0.717) is 17.8 Å². The molecule has 1 aliphatic heterocycles. The van der Waals surface area contributed by atoms with E-state index in [1.807, 2.05) is 54.6 Å². The van der Waals surface area contributed by atoms with E-state index in [4.69, 9.17) is 23.1 Å². The molecule has 0 aliphatic carbocycles. The van der Waals surface area contributed by atoms with Crippen molar-refractivity contribution >= 4 is 83.7 Å². The molecule has 8 nitrogen and oxygen atoms in total. The predicted octanol–water partition coefficient (Wildman–Crippen LogP) is 4.09. The molecule has 1 heterocycles. The van der Waals surface area contributed by atoms with Crippen LogP contribution in [-0.2, 0) is 21.4 Å². The average molecular weight is 642 g/mol. The highest BCUT2D eigenvalue weighted by atomic mass is 127. The third kappa shape index (κ3) is 5.07. The Labute approximate surface area is 232 Å². The second kappa shape index (κ2) is 9.82. The molecule has 186 valence electrons. The lowest BCUT2D eigenvalue weighted by Crippen LogP contribution is -2.35. The van der Waals surface area contributed by atoms with Crippen molar-refractivity contribution in [3.05, 3.63) is 99.6 Å². The Kier molecular flexibility index (Phi) is 6.70. The SMILES string of the molecule is NC(=S)N(/N=C1\C(=O)N(Cc2ccc3ccccc3c2)c2ccc(I)cc21)c1cccc(S(N)(=O)=O)c1. The molecule has 4 N–H and O–H groups in total. The van der Waals surface area contributed by atoms with Gasteiger partial charge < -0.3 is 10.6 Å². The van der Waals surface area contributed by atoms with E-state index < -0.39 is 10.0 Å². The standard InChI is InChI=1S/C26H20IN5O3S2/c27-19-10-11-23-22(13-19)24(30-32(26(28)36)20-6-3-7-21(14-20)37(29,34)35)25(33)31(23)15-16-8-9-17-4-1-2-5-18(17)12-16/h1-14H,15H2,(H2,28,36)(H2,29,34,35)/b30-24-. The molecule has 0 saturated heterocycles. The lowest BCUT2D eigenvalue weighted by molar-refractivity contribution is -0.112. The number of fused-ring (bicyclic) bond motifs is 2. The molecular formula is C26H20IN5O3S2. The topological polar surface area (TPSA) is 122 Å². The van der Waals surface area contributed by atoms with Crippen LogP contribution in [0, 0.1) is 3.57 Å². The first-order chi connectivity index (χ1) is 17.6. The van der Waals surface area contributed by atoms with Gasteiger partial charge in [-0.2, -0.15) is 5.10 Å². The highest BCUT2D eigenvalue weighted by molar-refractivity contribution is 14.1. The summed E-state index contributed by atoms with van der Waals surface area (Å²) in [7, 11) is -3.97. The van der Waals surface area contributed by atoms with Crippen molar-refractivity contribution in [1.82, 2.24) is 0 Å². The van der Waals surface area contributed by atoms with Gasteiger partial charge in [-0.15, -0.1) is 0 Å². The summed E-state index contributed by atoms with van der Waals surface area (Å²) in [5.41, 5.74) is 8.66. The van der Waals surface area contributed by atoms with Crippen molar-refractivity contribution in [1.29, 1.82) is 0 Å². The fourth-order valence-electron chi connectivity index (χ4n) is 4.19. The van der Waals surface area contributed by atoms with Crippen molar-refractivity contribution in [3.63, 3.8) is 0 Å². The number of hydrogen-bond donors (Lipinski definition) is 2. The Balaban J connectivity index is 1.57. The van der Waals surface area contributed by atoms with E-state index in [-0.39, 0.29) is 27.3 Å². The van der Waals surface area contributed by atoms with Crippen molar-refractivity contribution < 1.29 is 13.2 Å². The Morgan fingerprint density at radius 2 is 1.73 bits per heavy atom. The maximum atomic E-state index is 13.7. The molecule has 11 heteroatoms. The van der Waals surface area contributed by atoms with Gasteiger partial charge in [0.25, 0.3) is 5.91 Å². The predicted molar refractivity (Wildman–Crippen MR) is 158 cm³/mol. The smallest absolute Gasteiger partial charge is 0.279 e. The lowest BCUT2D eigenvalue weighted by atomic mass is 10.1. The summed E-state index contributed by atoms with van der Waals surface area (Å²) in [5, 5.41) is 13.0. The highest BCUT2D eigenvalue weighted by Crippen LogP contribution is 2.33. The fraction of sp³-hybridized carbons (Fsp3) is 0.0385. The zero-order valence-electron chi connectivity index (χ0n) is 19.2. The van der Waals surface area contributed by atoms with Crippen LogP contribution in [0.25, 0.3) is 10.8 Å². The van der Waals surface area contributed by atoms with Crippen LogP contribution in [0.5, 0.6) is 0 Å². The molecule has 1 amide bonds. The number of primary sulfonamides is 1. The van der Waals surface area contributed by atoms with Gasteiger partial charge >= 0.3 is 0 Å². The minimum absolute atomic E-state index is 0.128. The van der Waals surface area contributed by atoms with E-state index in [1.165, 1.54) is 23.2 Å². The number of thiocarbonyl (C=S) groups is 1. The van der Waals surface area contributed by atoms with Gasteiger partial charge in [-0.05, 0) is 93.6 Å². The molecule has 0 saturated carbocycles. The molecule has 4 aromatic rings. The first kappa shape index (κ1) is 25.3. The van der Waals surface area contributed by atoms with Crippen LogP contribution in [0.4, 0.5) is 11.4 Å². The summed E-state index contributed by atoms with van der Waals surface area (Å²) in [6.45, 7) is 0.338. The Bertz CT molecular complexity index is 1720. The van der Waals surface area contributed by atoms with Crippen LogP contribution in [0.3, 0.4) is 0 Å². The summed E-state index contributed by atoms with van der Waals surface area (Å²) in [6, 6.07) is 25.5. The molecule has 0 aromatic heterocycles. The number of hydrogen-bond acceptors (Lipinski definition) is 5. The van der Waals surface area contributed by atoms with Gasteiger partial charge in [-0.3, -0.25) is 4.79 Å². The van der Waals surface area contributed by atoms with E-state index in [9.17, 15) is 13.2 Å². The second-order valence-electron chi connectivity index (χ2n) is 8.38. The number of anilines is 2. The number of carbonyl (C=O) groups is 1. The van der Waals surface area contributed by atoms with Gasteiger partial charge in [0, 0.05) is 9.13 Å². The van der Waals surface area contributed by atoms with Crippen LogP contribution in [0.2, 0.25) is 0 Å². The number of sulfonamides is 1. The normalized spacial score (nSPS) is 14.3. The number of hydrazone groups is 1. The number of nitrogens with zero attached hydrogens (tertiary/aromatic N) is 3. The van der Waals surface area contributed by atoms with Gasteiger partial charge in [0.2, 0.25) is 10.0 Å². The third-order valence-corrected chi connectivity index (χ3v) is 7.66. The zero-order chi connectivity index (χ0) is 26.3. The quantitative estimate of drug-likeness (QED) is 0.192. The van der Waals surface area contributed by atoms with Crippen molar-refractivity contribution in [2.45, 2.75) is 11.4 Å². The second-order valence-corrected chi connectivity index (χ2v) is 11.6. The molecule has 5 rings (SSSR count). The summed E-state index contributed by atoms with van der Waals surface area (Å²) in [5.74, 6) is -0.325. The minimum atomic E-state index is -3.97. The molecule has 37 heavy (non-hydrogen) atoms. The maximum absolute atomic E-state index is 13.7. The van der Waals surface area contributed by atoms with Gasteiger partial charge in [0.15, 0.2) is 10.8 Å². The number of carbonyl (C=O) groups excluding carboxylic acids is 1. The zero-order valence-corrected chi connectivity index (χ0v) is 23.0. The van der Waals surface area contributed by atoms with Crippen LogP contribution in [0.15, 0.2) is 94.9 Å². The number of halogens is 1. The van der Waals surface area contributed by atoms with Crippen molar-refractivity contribution in [2.75, 3.05) is 9.91 Å². The first-order valence-corrected chi connectivity index (χ1v) is 14.1. The van der Waals surface area contributed by atoms with Crippen LogP contribution >= 0.6 is 34.8 Å². The number of amides is 1. The largest absolute Gasteiger partial charge is 0.374 e. The summed E-state index contributed by atoms with van der Waals surface area (Å²) in [6.07, 6.45) is 0. The highest BCUT2D eigenvalue weighted by Gasteiger charge is 2.35. The van der Waals surface area contributed by atoms with Crippen molar-refractivity contribution in [3.8, 4) is 0 Å². The van der Waals surface area contributed by atoms with Gasteiger partial charge in [-0.1, -0.05) is 42.5 Å². The van der Waals surface area contributed by atoms with E-state index >= 15 is 0 Å². The Hall–Kier alpha value is -3.39. The number of rotatable bonds is 5. The number of nitrogens with two attached hydrogens (primary N) is 2. The van der Waals surface area contributed by atoms with Crippen LogP contribution in [-0.4, -0.2) is 25.1 Å². The molecule has 0 radical (unpaired) electrons. The average Bonchev–Trinajstić information content (AvgIpc) is 3.11. The summed E-state index contributed by atoms with van der Waals surface area (Å²) in [4.78, 5) is 15.3. The van der Waals surface area contributed by atoms with Crippen LogP contribution < -0.4 is 20.8 Å². The molecule has 0 unspecified atom stereocenters. The molecule has 0 fully saturated rings. The molecule has 0 spiro atoms. The summed E-state index contributed by atoms with van der Waals surface area (Å²) >= 11 is 7.37. The molecular weight excluding hydrogens is 621 g/mol. The maximum Gasteiger partial charge on any atom is 0.279 e. The molecule has 1 aliphatic rings. The Morgan fingerprint density at radius 1 is 0.973 bits per heavy atom. The Morgan fingerprint density at radius 3 is 2.46 bits per heavy atom. The molecule has 0 atom stereocenters. The van der Waals surface area contributed by atoms with Crippen LogP contribution in [0.1, 0.15) is 11.1 Å². The monoisotopic (exact) mass is 641 g/mol. The van der Waals surface area contributed by atoms with E-state index in [2.05, 4.69) is 33.8 Å². The van der Waals surface area contributed by atoms with Crippen molar-refractivity contribution in [2.24, 2.45) is 16.0 Å². The lowest BCUT2D eigenvalue weighted by Gasteiger charge is -2.19. The molecule has 4 aromatic carbocycles. The fourth-order valence-corrected chi connectivity index (χ4v) is 5.38. The first-order valence-electron chi connectivity index (χ1n) is 11.0. The summed E-state index contributed by atoms with van der Waals surface area (Å²) < 4.78 is 24.7. The van der Waals surface area contributed by atoms with E-state index in [0.717, 1.165) is 19.9 Å². The minimum Gasteiger partial charge on any atom is -0.374 e. The van der Waals surface area contributed by atoms with Gasteiger partial charge in [0.1, 0.15) is 0 Å². The molecule has 0 bridgehead atoms.